The Morgan fingerprint density at radius 1 is 1.55 bits per heavy atom. The van der Waals surface area contributed by atoms with E-state index >= 15 is 0 Å². The molecule has 0 radical (unpaired) electrons. The van der Waals surface area contributed by atoms with Crippen LogP contribution in [0, 0.1) is 0 Å². The molecule has 11 heavy (non-hydrogen) atoms. The van der Waals surface area contributed by atoms with Crippen LogP contribution in [0.25, 0.3) is 0 Å². The van der Waals surface area contributed by atoms with Gasteiger partial charge in [-0.25, -0.2) is 0 Å². The van der Waals surface area contributed by atoms with Crippen LogP contribution in [0.2, 0.25) is 0 Å². The SMILES string of the molecule is C=C/C(=C/C)C/C=C(\C)NC. The summed E-state index contributed by atoms with van der Waals surface area (Å²) in [6.07, 6.45) is 7.08. The first-order valence-electron chi connectivity index (χ1n) is 3.86. The van der Waals surface area contributed by atoms with Crippen molar-refractivity contribution in [3.8, 4) is 0 Å². The van der Waals surface area contributed by atoms with Crippen LogP contribution in [0.3, 0.4) is 0 Å². The first-order chi connectivity index (χ1) is 5.24. The third-order valence-electron chi connectivity index (χ3n) is 1.67. The van der Waals surface area contributed by atoms with Gasteiger partial charge in [0.1, 0.15) is 0 Å². The molecule has 0 rings (SSSR count). The summed E-state index contributed by atoms with van der Waals surface area (Å²) in [7, 11) is 1.93. The van der Waals surface area contributed by atoms with Gasteiger partial charge in [0, 0.05) is 12.7 Å². The fourth-order valence-corrected chi connectivity index (χ4v) is 0.692. The Kier molecular flexibility index (Phi) is 5.26. The van der Waals surface area contributed by atoms with E-state index in [9.17, 15) is 0 Å². The van der Waals surface area contributed by atoms with Crippen molar-refractivity contribution in [2.75, 3.05) is 7.05 Å². The fraction of sp³-hybridized carbons (Fsp3) is 0.400. The van der Waals surface area contributed by atoms with Gasteiger partial charge in [-0.1, -0.05) is 24.8 Å². The highest BCUT2D eigenvalue weighted by Crippen LogP contribution is 2.04. The normalized spacial score (nSPS) is 13.0. The van der Waals surface area contributed by atoms with E-state index in [-0.39, 0.29) is 0 Å². The van der Waals surface area contributed by atoms with E-state index in [1.165, 1.54) is 11.3 Å². The lowest BCUT2D eigenvalue weighted by Gasteiger charge is -1.99. The minimum absolute atomic E-state index is 0.965. The van der Waals surface area contributed by atoms with Gasteiger partial charge in [0.15, 0.2) is 0 Å². The highest BCUT2D eigenvalue weighted by Gasteiger charge is 1.86. The maximum absolute atomic E-state index is 3.72. The molecule has 1 heteroatoms. The number of hydrogen-bond acceptors (Lipinski definition) is 1. The summed E-state index contributed by atoms with van der Waals surface area (Å²) in [5, 5.41) is 3.07. The molecule has 0 aromatic heterocycles. The maximum Gasteiger partial charge on any atom is 0.00352 e. The minimum atomic E-state index is 0.965. The Balaban J connectivity index is 3.95. The Labute approximate surface area is 69.5 Å². The van der Waals surface area contributed by atoms with E-state index in [0.29, 0.717) is 0 Å². The molecular weight excluding hydrogens is 134 g/mol. The molecule has 0 fully saturated rings. The number of rotatable bonds is 4. The highest BCUT2D eigenvalue weighted by molar-refractivity contribution is 5.19. The van der Waals surface area contributed by atoms with Crippen molar-refractivity contribution in [2.45, 2.75) is 20.3 Å². The molecular formula is C10H17N. The number of allylic oxidation sites excluding steroid dienone is 5. The zero-order valence-corrected chi connectivity index (χ0v) is 7.65. The molecule has 0 aliphatic rings. The molecule has 1 N–H and O–H groups in total. The maximum atomic E-state index is 3.72. The summed E-state index contributed by atoms with van der Waals surface area (Å²) in [4.78, 5) is 0. The lowest BCUT2D eigenvalue weighted by molar-refractivity contribution is 0.972. The van der Waals surface area contributed by atoms with Crippen molar-refractivity contribution in [1.82, 2.24) is 5.32 Å². The molecule has 0 aliphatic heterocycles. The monoisotopic (exact) mass is 151 g/mol. The Bertz CT molecular complexity index is 175. The van der Waals surface area contributed by atoms with E-state index < -0.39 is 0 Å². The van der Waals surface area contributed by atoms with Crippen LogP contribution in [-0.2, 0) is 0 Å². The van der Waals surface area contributed by atoms with Crippen LogP contribution in [0.5, 0.6) is 0 Å². The van der Waals surface area contributed by atoms with Crippen molar-refractivity contribution in [3.05, 3.63) is 36.1 Å². The van der Waals surface area contributed by atoms with E-state index in [4.69, 9.17) is 0 Å². The van der Waals surface area contributed by atoms with Crippen LogP contribution in [0.1, 0.15) is 20.3 Å². The summed E-state index contributed by atoms with van der Waals surface area (Å²) >= 11 is 0. The van der Waals surface area contributed by atoms with E-state index in [1.807, 2.05) is 20.0 Å². The molecule has 0 spiro atoms. The van der Waals surface area contributed by atoms with E-state index in [1.54, 1.807) is 0 Å². The van der Waals surface area contributed by atoms with Crippen molar-refractivity contribution in [2.24, 2.45) is 0 Å². The van der Waals surface area contributed by atoms with Crippen molar-refractivity contribution in [1.29, 1.82) is 0 Å². The molecule has 0 aromatic carbocycles. The molecule has 0 bridgehead atoms. The minimum Gasteiger partial charge on any atom is -0.392 e. The predicted octanol–water partition coefficient (Wildman–Crippen LogP) is 2.63. The molecule has 0 saturated heterocycles. The summed E-state index contributed by atoms with van der Waals surface area (Å²) in [5.74, 6) is 0. The van der Waals surface area contributed by atoms with Gasteiger partial charge in [0.05, 0.1) is 0 Å². The van der Waals surface area contributed by atoms with E-state index in [2.05, 4.69) is 31.0 Å². The number of hydrogen-bond donors (Lipinski definition) is 1. The average Bonchev–Trinajstić information content (AvgIpc) is 2.06. The van der Waals surface area contributed by atoms with Gasteiger partial charge in [-0.3, -0.25) is 0 Å². The van der Waals surface area contributed by atoms with Gasteiger partial charge in [-0.15, -0.1) is 0 Å². The molecule has 0 heterocycles. The third kappa shape index (κ3) is 4.43. The second-order valence-electron chi connectivity index (χ2n) is 2.41. The van der Waals surface area contributed by atoms with Crippen LogP contribution in [0.4, 0.5) is 0 Å². The molecule has 0 saturated carbocycles. The lowest BCUT2D eigenvalue weighted by Crippen LogP contribution is -2.00. The zero-order valence-electron chi connectivity index (χ0n) is 7.65. The van der Waals surface area contributed by atoms with E-state index in [0.717, 1.165) is 6.42 Å². The average molecular weight is 151 g/mol. The highest BCUT2D eigenvalue weighted by atomic mass is 14.8. The third-order valence-corrected chi connectivity index (χ3v) is 1.67. The second-order valence-corrected chi connectivity index (χ2v) is 2.41. The molecule has 0 unspecified atom stereocenters. The lowest BCUT2D eigenvalue weighted by atomic mass is 10.1. The first-order valence-corrected chi connectivity index (χ1v) is 3.86. The smallest absolute Gasteiger partial charge is 0.00352 e. The van der Waals surface area contributed by atoms with Crippen LogP contribution < -0.4 is 5.32 Å². The fourth-order valence-electron chi connectivity index (χ4n) is 0.692. The molecule has 62 valence electrons. The zero-order chi connectivity index (χ0) is 8.69. The molecule has 0 aliphatic carbocycles. The molecule has 0 aromatic rings. The Morgan fingerprint density at radius 2 is 2.18 bits per heavy atom. The Hall–Kier alpha value is -0.980. The quantitative estimate of drug-likeness (QED) is 0.609. The standard InChI is InChI=1S/C10H17N/c1-5-10(6-2)8-7-9(3)11-4/h5-7,11H,1,8H2,2-4H3/b9-7+,10-6-. The van der Waals surface area contributed by atoms with Gasteiger partial charge < -0.3 is 5.32 Å². The van der Waals surface area contributed by atoms with Crippen molar-refractivity contribution >= 4 is 0 Å². The van der Waals surface area contributed by atoms with Gasteiger partial charge in [0.25, 0.3) is 0 Å². The largest absolute Gasteiger partial charge is 0.392 e. The summed E-state index contributed by atoms with van der Waals surface area (Å²) in [5.41, 5.74) is 2.46. The van der Waals surface area contributed by atoms with Gasteiger partial charge in [0.2, 0.25) is 0 Å². The second kappa shape index (κ2) is 5.78. The van der Waals surface area contributed by atoms with Gasteiger partial charge in [-0.2, -0.15) is 0 Å². The van der Waals surface area contributed by atoms with Gasteiger partial charge >= 0.3 is 0 Å². The van der Waals surface area contributed by atoms with Crippen LogP contribution in [0.15, 0.2) is 36.1 Å². The topological polar surface area (TPSA) is 12.0 Å². The van der Waals surface area contributed by atoms with Crippen molar-refractivity contribution < 1.29 is 0 Å². The molecule has 1 nitrogen and oxygen atoms in total. The van der Waals surface area contributed by atoms with Crippen LogP contribution in [-0.4, -0.2) is 7.05 Å². The van der Waals surface area contributed by atoms with Crippen molar-refractivity contribution in [3.63, 3.8) is 0 Å². The summed E-state index contributed by atoms with van der Waals surface area (Å²) < 4.78 is 0. The number of nitrogens with one attached hydrogen (secondary N) is 1. The molecule has 0 atom stereocenters. The first kappa shape index (κ1) is 10.0. The molecule has 0 amide bonds. The van der Waals surface area contributed by atoms with Crippen LogP contribution >= 0.6 is 0 Å². The van der Waals surface area contributed by atoms with Gasteiger partial charge in [-0.05, 0) is 25.8 Å². The summed E-state index contributed by atoms with van der Waals surface area (Å²) in [6.45, 7) is 7.80. The summed E-state index contributed by atoms with van der Waals surface area (Å²) in [6, 6.07) is 0. The Morgan fingerprint density at radius 3 is 2.55 bits per heavy atom. The predicted molar refractivity (Wildman–Crippen MR) is 51.4 cm³/mol.